The second kappa shape index (κ2) is 82.8. The van der Waals surface area contributed by atoms with Gasteiger partial charge in [-0.2, -0.15) is 0 Å². The monoisotopic (exact) mass is 98.0 g/mol. The van der Waals surface area contributed by atoms with Crippen molar-refractivity contribution in [1.29, 1.82) is 0 Å². The second-order valence-corrected chi connectivity index (χ2v) is 0. The van der Waals surface area contributed by atoms with E-state index in [4.69, 9.17) is 0 Å². The Kier molecular flexibility index (Phi) is 4290. The third-order valence-corrected chi connectivity index (χ3v) is 0. The summed E-state index contributed by atoms with van der Waals surface area (Å²) in [5, 5.41) is 0. The molecule has 0 aliphatic rings. The maximum absolute atomic E-state index is 0. The summed E-state index contributed by atoms with van der Waals surface area (Å²) in [6.45, 7) is 0. The minimum atomic E-state index is 0. The van der Waals surface area contributed by atoms with Crippen LogP contribution < -0.4 is 0 Å². The predicted molar refractivity (Wildman–Crippen MR) is 16.1 cm³/mol. The fourth-order valence-electron chi connectivity index (χ4n) is 0. The van der Waals surface area contributed by atoms with Gasteiger partial charge in [0.25, 0.3) is 0 Å². The molecule has 0 N–H and O–H groups in total. The maximum Gasteiger partial charge on any atom is 0 e. The van der Waals surface area contributed by atoms with Crippen LogP contribution in [0, 0.1) is 22.3 Å². The smallest absolute Gasteiger partial charge is 0 e. The molecule has 0 unspecified atom stereocenters. The summed E-state index contributed by atoms with van der Waals surface area (Å²) in [5.41, 5.74) is 0. The van der Waals surface area contributed by atoms with Crippen molar-refractivity contribution in [1.82, 2.24) is 0 Å². The molecule has 0 aliphatic carbocycles. The Bertz CT molecular complexity index is 3.25. The normalized spacial score (nSPS) is 0. The molecule has 0 fully saturated rings. The summed E-state index contributed by atoms with van der Waals surface area (Å²) in [6.07, 6.45) is 0. The molecule has 26 valence electrons. The van der Waals surface area contributed by atoms with Crippen LogP contribution in [0.15, 0.2) is 0 Å². The van der Waals surface area contributed by atoms with Crippen LogP contribution in [0.25, 0.3) is 0 Å². The molecule has 0 spiro atoms. The molecular weight excluding hydrogens is 91.9 g/mol. The molecule has 0 aromatic rings. The van der Waals surface area contributed by atoms with E-state index in [1.54, 1.807) is 0 Å². The van der Waals surface area contributed by atoms with Gasteiger partial charge in [-0.15, -0.1) is 0 Å². The van der Waals surface area contributed by atoms with Crippen molar-refractivity contribution >= 4 is 0 Å². The maximum atomic E-state index is 0. The molecule has 0 saturated carbocycles. The van der Waals surface area contributed by atoms with Gasteiger partial charge in [0, 0.05) is 17.1 Å². The third kappa shape index (κ3) is 21.6. The number of hydrogen-bond acceptors (Lipinski definition) is 0. The van der Waals surface area contributed by atoms with Crippen molar-refractivity contribution in [2.24, 2.45) is 0 Å². The van der Waals surface area contributed by atoms with Gasteiger partial charge in [0.1, 0.15) is 0 Å². The van der Waals surface area contributed by atoms with Gasteiger partial charge >= 0.3 is 0 Å². The molecule has 0 aromatic carbocycles. The van der Waals surface area contributed by atoms with Crippen molar-refractivity contribution in [3.8, 4) is 0 Å². The van der Waals surface area contributed by atoms with Gasteiger partial charge in [-0.05, 0) is 0 Å². The molecule has 0 amide bonds. The Morgan fingerprint density at radius 3 is 0.500 bits per heavy atom. The van der Waals surface area contributed by atoms with E-state index in [0.29, 0.717) is 0 Å². The van der Waals surface area contributed by atoms with Crippen LogP contribution in [0.4, 0.5) is 0 Å². The summed E-state index contributed by atoms with van der Waals surface area (Å²) < 4.78 is 0. The fraction of sp³-hybridized carbons (Fsp3) is 0. The molecule has 0 aliphatic heterocycles. The zero-order chi connectivity index (χ0) is 0. The molecule has 0 nitrogen and oxygen atoms in total. The minimum Gasteiger partial charge on any atom is -0.0533 e. The molecular formula is C3H6Fe. The second-order valence-electron chi connectivity index (χ2n) is 0. The van der Waals surface area contributed by atoms with E-state index >= 15 is 0 Å². The van der Waals surface area contributed by atoms with Crippen molar-refractivity contribution < 1.29 is 17.1 Å². The van der Waals surface area contributed by atoms with Crippen molar-refractivity contribution in [2.75, 3.05) is 0 Å². The molecule has 0 aromatic heterocycles. The van der Waals surface area contributed by atoms with E-state index in [2.05, 4.69) is 0 Å². The molecule has 0 rings (SSSR count). The third-order valence-electron chi connectivity index (χ3n) is 0. The molecule has 1 heteroatoms. The van der Waals surface area contributed by atoms with E-state index in [0.717, 1.165) is 0 Å². The molecule has 6 radical (unpaired) electrons. The fourth-order valence-corrected chi connectivity index (χ4v) is 0. The quantitative estimate of drug-likeness (QED) is 0.396. The van der Waals surface area contributed by atoms with Gasteiger partial charge in [-0.25, -0.2) is 0 Å². The topological polar surface area (TPSA) is 0 Å². The van der Waals surface area contributed by atoms with Crippen LogP contribution in [0.2, 0.25) is 0 Å². The van der Waals surface area contributed by atoms with Crippen LogP contribution in [0.5, 0.6) is 0 Å². The van der Waals surface area contributed by atoms with Crippen molar-refractivity contribution in [2.45, 2.75) is 0 Å². The number of hydrogen-bond donors (Lipinski definition) is 0. The Labute approximate surface area is 40.1 Å². The average molecular weight is 97.9 g/mol. The first-order valence-electron chi connectivity index (χ1n) is 0. The molecule has 0 heterocycles. The van der Waals surface area contributed by atoms with Crippen LogP contribution in [0.1, 0.15) is 0 Å². The van der Waals surface area contributed by atoms with Gasteiger partial charge in [-0.3, -0.25) is 0 Å². The summed E-state index contributed by atoms with van der Waals surface area (Å²) in [4.78, 5) is 0. The van der Waals surface area contributed by atoms with Crippen LogP contribution in [-0.2, 0) is 17.1 Å². The summed E-state index contributed by atoms with van der Waals surface area (Å²) in [6, 6.07) is 0. The summed E-state index contributed by atoms with van der Waals surface area (Å²) in [5.74, 6) is 0. The molecule has 4 heavy (non-hydrogen) atoms. The predicted octanol–water partition coefficient (Wildman–Crippen LogP) is 0.979. The van der Waals surface area contributed by atoms with Crippen LogP contribution in [0.3, 0.4) is 0 Å². The van der Waals surface area contributed by atoms with E-state index < -0.39 is 0 Å². The standard InChI is InChI=1S/3CH2.Fe/h3*1H2;. The Morgan fingerprint density at radius 2 is 0.500 bits per heavy atom. The van der Waals surface area contributed by atoms with E-state index in [1.807, 2.05) is 0 Å². The first-order valence-corrected chi connectivity index (χ1v) is 0. The van der Waals surface area contributed by atoms with Gasteiger partial charge in [0.15, 0.2) is 0 Å². The summed E-state index contributed by atoms with van der Waals surface area (Å²) in [7, 11) is 0. The Balaban J connectivity index is 0. The molecule has 0 atom stereocenters. The first-order chi connectivity index (χ1) is 0. The minimum absolute atomic E-state index is 0. The SMILES string of the molecule is [CH2].[CH2].[CH2].[Fe]. The van der Waals surface area contributed by atoms with Gasteiger partial charge < -0.3 is 0 Å². The van der Waals surface area contributed by atoms with Crippen LogP contribution >= 0.6 is 0 Å². The van der Waals surface area contributed by atoms with Crippen molar-refractivity contribution in [3.63, 3.8) is 0 Å². The first kappa shape index (κ1) is 207. The largest absolute Gasteiger partial charge is 0.0533 e. The van der Waals surface area contributed by atoms with E-state index in [-0.39, 0.29) is 39.3 Å². The average Bonchev–Trinajstić information content (AvgIpc) is 0. The van der Waals surface area contributed by atoms with E-state index in [1.165, 1.54) is 0 Å². The van der Waals surface area contributed by atoms with Gasteiger partial charge in [0.2, 0.25) is 0 Å². The number of rotatable bonds is 0. The summed E-state index contributed by atoms with van der Waals surface area (Å²) >= 11 is 0. The van der Waals surface area contributed by atoms with Crippen molar-refractivity contribution in [3.05, 3.63) is 22.3 Å². The van der Waals surface area contributed by atoms with Gasteiger partial charge in [0.05, 0.1) is 0 Å². The Morgan fingerprint density at radius 1 is 0.500 bits per heavy atom. The zero-order valence-electron chi connectivity index (χ0n) is 2.47. The van der Waals surface area contributed by atoms with E-state index in [9.17, 15) is 0 Å². The zero-order valence-corrected chi connectivity index (χ0v) is 3.58. The van der Waals surface area contributed by atoms with Crippen LogP contribution in [-0.4, -0.2) is 0 Å². The molecule has 0 bridgehead atoms. The molecule has 0 saturated heterocycles. The Hall–Kier alpha value is 0.519. The van der Waals surface area contributed by atoms with Gasteiger partial charge in [-0.1, -0.05) is 22.3 Å².